The molecule has 1 aliphatic carbocycles. The van der Waals surface area contributed by atoms with Gasteiger partial charge in [0.15, 0.2) is 5.78 Å². The van der Waals surface area contributed by atoms with Gasteiger partial charge >= 0.3 is 5.97 Å². The topological polar surface area (TPSA) is 66.8 Å². The molecule has 0 bridgehead atoms. The molecule has 0 spiro atoms. The lowest BCUT2D eigenvalue weighted by Gasteiger charge is -2.22. The number of carboxylic acids is 1. The van der Waals surface area contributed by atoms with E-state index in [9.17, 15) is 9.59 Å². The predicted octanol–water partition coefficient (Wildman–Crippen LogP) is 0.185. The van der Waals surface area contributed by atoms with Crippen LogP contribution in [0.1, 0.15) is 6.42 Å². The third-order valence-electron chi connectivity index (χ3n) is 2.71. The van der Waals surface area contributed by atoms with E-state index in [2.05, 4.69) is 0 Å². The van der Waals surface area contributed by atoms with E-state index in [0.717, 1.165) is 0 Å². The molecule has 1 N–H and O–H groups in total. The summed E-state index contributed by atoms with van der Waals surface area (Å²) in [6.07, 6.45) is 5.76. The van der Waals surface area contributed by atoms with E-state index in [1.54, 1.807) is 17.1 Å². The Labute approximate surface area is 93.0 Å². The molecule has 1 aliphatic heterocycles. The average molecular weight is 223 g/mol. The molecule has 0 aromatic rings. The molecule has 0 radical (unpaired) electrons. The van der Waals surface area contributed by atoms with Crippen molar-refractivity contribution >= 4 is 11.8 Å². The maximum absolute atomic E-state index is 11.7. The molecule has 0 unspecified atom stereocenters. The lowest BCUT2D eigenvalue weighted by Crippen LogP contribution is -2.38. The number of carbonyl (C=O) groups is 2. The van der Waals surface area contributed by atoms with Gasteiger partial charge in [0.25, 0.3) is 0 Å². The fourth-order valence-electron chi connectivity index (χ4n) is 1.95. The number of ketones is 1. The first-order valence-electron chi connectivity index (χ1n) is 5.12. The number of aliphatic carboxylic acids is 1. The Hall–Kier alpha value is -1.46. The predicted molar refractivity (Wildman–Crippen MR) is 55.8 cm³/mol. The fraction of sp³-hybridized carbons (Fsp3) is 0.455. The van der Waals surface area contributed by atoms with E-state index >= 15 is 0 Å². The second kappa shape index (κ2) is 4.59. The molecule has 16 heavy (non-hydrogen) atoms. The highest BCUT2D eigenvalue weighted by molar-refractivity contribution is 5.98. The molecule has 0 aromatic carbocycles. The Balaban J connectivity index is 2.13. The molecule has 1 atom stereocenters. The molecule has 0 amide bonds. The normalized spacial score (nSPS) is 25.9. The number of rotatable bonds is 3. The zero-order chi connectivity index (χ0) is 11.5. The zero-order valence-corrected chi connectivity index (χ0v) is 8.76. The van der Waals surface area contributed by atoms with Crippen molar-refractivity contribution in [1.82, 2.24) is 4.90 Å². The van der Waals surface area contributed by atoms with Crippen LogP contribution in [-0.2, 0) is 14.3 Å². The summed E-state index contributed by atoms with van der Waals surface area (Å²) >= 11 is 0. The van der Waals surface area contributed by atoms with Gasteiger partial charge in [0.1, 0.15) is 6.73 Å². The highest BCUT2D eigenvalue weighted by Crippen LogP contribution is 2.21. The third-order valence-corrected chi connectivity index (χ3v) is 2.71. The molecule has 1 saturated heterocycles. The van der Waals surface area contributed by atoms with Crippen LogP contribution in [-0.4, -0.2) is 47.7 Å². The van der Waals surface area contributed by atoms with Crippen molar-refractivity contribution in [3.63, 3.8) is 0 Å². The lowest BCUT2D eigenvalue weighted by atomic mass is 9.96. The molecular weight excluding hydrogens is 210 g/mol. The van der Waals surface area contributed by atoms with Crippen molar-refractivity contribution in [3.05, 3.63) is 23.8 Å². The van der Waals surface area contributed by atoms with Gasteiger partial charge in [0, 0.05) is 12.0 Å². The third kappa shape index (κ3) is 2.20. The van der Waals surface area contributed by atoms with E-state index in [1.807, 2.05) is 6.08 Å². The molecule has 0 saturated carbocycles. The molecule has 2 aliphatic rings. The Morgan fingerprint density at radius 1 is 1.62 bits per heavy atom. The van der Waals surface area contributed by atoms with Crippen molar-refractivity contribution in [2.45, 2.75) is 12.5 Å². The molecular formula is C11H13NO4. The van der Waals surface area contributed by atoms with Crippen LogP contribution in [0, 0.1) is 0 Å². The number of hydrogen-bond donors (Lipinski definition) is 1. The van der Waals surface area contributed by atoms with Crippen molar-refractivity contribution in [2.75, 3.05) is 19.9 Å². The number of nitrogens with zero attached hydrogens (tertiary/aromatic N) is 1. The lowest BCUT2D eigenvalue weighted by molar-refractivity contribution is -0.138. The summed E-state index contributed by atoms with van der Waals surface area (Å²) in [6, 6.07) is -0.214. The Bertz CT molecular complexity index is 372. The van der Waals surface area contributed by atoms with Crippen LogP contribution in [0.5, 0.6) is 0 Å². The number of Topliss-reactive ketones (excluding diaryl/α,β-unsaturated/α-hetero) is 1. The summed E-state index contributed by atoms with van der Waals surface area (Å²) in [4.78, 5) is 24.0. The standard InChI is InChI=1S/C11H13NO4/c13-10-4-2-1-3-8(10)9-6-16-7-12(9)5-11(14)15/h1-3,9H,4-7H2,(H,14,15)/t9-/m1/s1. The van der Waals surface area contributed by atoms with E-state index < -0.39 is 5.97 Å². The molecule has 2 rings (SSSR count). The van der Waals surface area contributed by atoms with Gasteiger partial charge < -0.3 is 9.84 Å². The highest BCUT2D eigenvalue weighted by Gasteiger charge is 2.32. The molecule has 1 fully saturated rings. The maximum atomic E-state index is 11.7. The van der Waals surface area contributed by atoms with Gasteiger partial charge in [0.05, 0.1) is 19.2 Å². The fourth-order valence-corrected chi connectivity index (χ4v) is 1.95. The van der Waals surface area contributed by atoms with Crippen LogP contribution in [0.3, 0.4) is 0 Å². The van der Waals surface area contributed by atoms with Crippen LogP contribution in [0.2, 0.25) is 0 Å². The molecule has 1 heterocycles. The van der Waals surface area contributed by atoms with Crippen LogP contribution in [0.4, 0.5) is 0 Å². The largest absolute Gasteiger partial charge is 0.480 e. The van der Waals surface area contributed by atoms with E-state index in [4.69, 9.17) is 9.84 Å². The van der Waals surface area contributed by atoms with Crippen molar-refractivity contribution < 1.29 is 19.4 Å². The second-order valence-electron chi connectivity index (χ2n) is 3.83. The van der Waals surface area contributed by atoms with E-state index in [0.29, 0.717) is 18.6 Å². The van der Waals surface area contributed by atoms with Crippen molar-refractivity contribution in [3.8, 4) is 0 Å². The van der Waals surface area contributed by atoms with Crippen molar-refractivity contribution in [1.29, 1.82) is 0 Å². The number of carbonyl (C=O) groups excluding carboxylic acids is 1. The average Bonchev–Trinajstić information content (AvgIpc) is 2.66. The number of carboxylic acid groups (broad SMARTS) is 1. The van der Waals surface area contributed by atoms with Gasteiger partial charge in [-0.2, -0.15) is 0 Å². The first kappa shape index (κ1) is 11.0. The summed E-state index contributed by atoms with van der Waals surface area (Å²) in [7, 11) is 0. The summed E-state index contributed by atoms with van der Waals surface area (Å²) in [5.41, 5.74) is 0.654. The minimum atomic E-state index is -0.907. The molecule has 5 heteroatoms. The van der Waals surface area contributed by atoms with Crippen LogP contribution in [0.25, 0.3) is 0 Å². The van der Waals surface area contributed by atoms with Crippen LogP contribution < -0.4 is 0 Å². The van der Waals surface area contributed by atoms with E-state index in [1.165, 1.54) is 0 Å². The van der Waals surface area contributed by atoms with Gasteiger partial charge in [-0.25, -0.2) is 0 Å². The van der Waals surface area contributed by atoms with Gasteiger partial charge in [-0.05, 0) is 0 Å². The maximum Gasteiger partial charge on any atom is 0.317 e. The summed E-state index contributed by atoms with van der Waals surface area (Å²) in [5.74, 6) is -0.858. The zero-order valence-electron chi connectivity index (χ0n) is 8.76. The van der Waals surface area contributed by atoms with E-state index in [-0.39, 0.29) is 25.1 Å². The second-order valence-corrected chi connectivity index (χ2v) is 3.83. The Morgan fingerprint density at radius 3 is 3.12 bits per heavy atom. The number of ether oxygens (including phenoxy) is 1. The molecule has 5 nitrogen and oxygen atoms in total. The highest BCUT2D eigenvalue weighted by atomic mass is 16.5. The smallest absolute Gasteiger partial charge is 0.317 e. The molecule has 86 valence electrons. The summed E-state index contributed by atoms with van der Waals surface area (Å²) in [5, 5.41) is 8.74. The quantitative estimate of drug-likeness (QED) is 0.739. The summed E-state index contributed by atoms with van der Waals surface area (Å²) in [6.45, 7) is 0.559. The Morgan fingerprint density at radius 2 is 2.44 bits per heavy atom. The van der Waals surface area contributed by atoms with Gasteiger partial charge in [0.2, 0.25) is 0 Å². The first-order chi connectivity index (χ1) is 7.68. The van der Waals surface area contributed by atoms with Gasteiger partial charge in [-0.15, -0.1) is 0 Å². The number of hydrogen-bond acceptors (Lipinski definition) is 4. The van der Waals surface area contributed by atoms with Crippen LogP contribution in [0.15, 0.2) is 23.8 Å². The summed E-state index contributed by atoms with van der Waals surface area (Å²) < 4.78 is 5.22. The minimum absolute atomic E-state index is 0.0494. The van der Waals surface area contributed by atoms with Crippen LogP contribution >= 0.6 is 0 Å². The van der Waals surface area contributed by atoms with Gasteiger partial charge in [-0.1, -0.05) is 18.2 Å². The molecule has 0 aromatic heterocycles. The monoisotopic (exact) mass is 223 g/mol. The SMILES string of the molecule is O=C(O)CN1COC[C@@H]1C1=CC=CCC1=O. The minimum Gasteiger partial charge on any atom is -0.480 e. The van der Waals surface area contributed by atoms with Crippen molar-refractivity contribution in [2.24, 2.45) is 0 Å². The first-order valence-corrected chi connectivity index (χ1v) is 5.12. The van der Waals surface area contributed by atoms with Gasteiger partial charge in [-0.3, -0.25) is 14.5 Å². The number of allylic oxidation sites excluding steroid dienone is 3. The Kier molecular flexibility index (Phi) is 3.17.